The minimum absolute atomic E-state index is 0.271. The first kappa shape index (κ1) is 21.8. The maximum Gasteiger partial charge on any atom is 0.240 e. The molecule has 28 heavy (non-hydrogen) atoms. The highest BCUT2D eigenvalue weighted by atomic mass is 32.2. The monoisotopic (exact) mass is 404 g/mol. The Kier molecular flexibility index (Phi) is 7.07. The molecule has 0 aromatic heterocycles. The van der Waals surface area contributed by atoms with Crippen LogP contribution in [0.2, 0.25) is 0 Å². The third kappa shape index (κ3) is 5.48. The number of benzene rings is 2. The quantitative estimate of drug-likeness (QED) is 0.687. The molecule has 0 unspecified atom stereocenters. The molecule has 2 aromatic carbocycles. The van der Waals surface area contributed by atoms with Crippen molar-refractivity contribution < 1.29 is 17.9 Å². The van der Waals surface area contributed by atoms with E-state index in [1.54, 1.807) is 12.1 Å². The van der Waals surface area contributed by atoms with Crippen LogP contribution in [0.5, 0.6) is 5.75 Å². The summed E-state index contributed by atoms with van der Waals surface area (Å²) in [5.74, 6) is 0.401. The summed E-state index contributed by atoms with van der Waals surface area (Å²) in [5, 5.41) is 2.72. The van der Waals surface area contributed by atoms with Gasteiger partial charge in [0.1, 0.15) is 18.9 Å². The van der Waals surface area contributed by atoms with E-state index in [0.717, 1.165) is 38.6 Å². The number of aryl methyl sites for hydroxylation is 2. The number of nitrogens with zero attached hydrogens (tertiary/aromatic N) is 1. The Morgan fingerprint density at radius 3 is 2.25 bits per heavy atom. The molecule has 1 amide bonds. The second-order valence-electron chi connectivity index (χ2n) is 6.89. The molecule has 152 valence electrons. The SMILES string of the molecule is Cc1cccc(OCCNC(=O)CN(c2cccc(C)c2C)S(C)(=O)=O)c1C. The van der Waals surface area contributed by atoms with Gasteiger partial charge in [-0.05, 0) is 62.1 Å². The fraction of sp³-hybridized carbons (Fsp3) is 0.381. The lowest BCUT2D eigenvalue weighted by Crippen LogP contribution is -2.41. The number of rotatable bonds is 8. The minimum Gasteiger partial charge on any atom is -0.491 e. The predicted octanol–water partition coefficient (Wildman–Crippen LogP) is 2.88. The summed E-state index contributed by atoms with van der Waals surface area (Å²) < 4.78 is 31.3. The number of anilines is 1. The lowest BCUT2D eigenvalue weighted by atomic mass is 10.1. The van der Waals surface area contributed by atoms with E-state index in [-0.39, 0.29) is 19.0 Å². The lowest BCUT2D eigenvalue weighted by molar-refractivity contribution is -0.119. The average molecular weight is 405 g/mol. The van der Waals surface area contributed by atoms with Gasteiger partial charge in [-0.15, -0.1) is 0 Å². The molecule has 0 spiro atoms. The van der Waals surface area contributed by atoms with Gasteiger partial charge >= 0.3 is 0 Å². The van der Waals surface area contributed by atoms with Crippen LogP contribution in [0.15, 0.2) is 36.4 Å². The first-order valence-corrected chi connectivity index (χ1v) is 11.0. The van der Waals surface area contributed by atoms with Crippen molar-refractivity contribution in [1.29, 1.82) is 0 Å². The average Bonchev–Trinajstić information content (AvgIpc) is 2.62. The number of sulfonamides is 1. The zero-order valence-electron chi connectivity index (χ0n) is 17.1. The van der Waals surface area contributed by atoms with Crippen molar-refractivity contribution in [2.24, 2.45) is 0 Å². The van der Waals surface area contributed by atoms with Crippen LogP contribution in [-0.2, 0) is 14.8 Å². The highest BCUT2D eigenvalue weighted by Crippen LogP contribution is 2.24. The summed E-state index contributed by atoms with van der Waals surface area (Å²) in [6.45, 7) is 8.07. The highest BCUT2D eigenvalue weighted by Gasteiger charge is 2.22. The van der Waals surface area contributed by atoms with Gasteiger partial charge in [-0.25, -0.2) is 8.42 Å². The maximum atomic E-state index is 12.3. The Labute approximate surface area is 167 Å². The molecule has 0 fully saturated rings. The van der Waals surface area contributed by atoms with E-state index in [0.29, 0.717) is 12.3 Å². The summed E-state index contributed by atoms with van der Waals surface area (Å²) in [6.07, 6.45) is 1.10. The summed E-state index contributed by atoms with van der Waals surface area (Å²) in [7, 11) is -3.60. The van der Waals surface area contributed by atoms with Gasteiger partial charge < -0.3 is 10.1 Å². The second kappa shape index (κ2) is 9.10. The molecule has 0 saturated heterocycles. The standard InChI is InChI=1S/C21H28N2O4S/c1-15-8-6-10-19(17(15)3)23(28(5,25)26)14-21(24)22-12-13-27-20-11-7-9-16(2)18(20)4/h6-11H,12-14H2,1-5H3,(H,22,24). The van der Waals surface area contributed by atoms with Crippen LogP contribution >= 0.6 is 0 Å². The van der Waals surface area contributed by atoms with Crippen molar-refractivity contribution in [2.75, 3.05) is 30.3 Å². The second-order valence-corrected chi connectivity index (χ2v) is 8.79. The van der Waals surface area contributed by atoms with Crippen molar-refractivity contribution >= 4 is 21.6 Å². The molecule has 2 rings (SSSR count). The van der Waals surface area contributed by atoms with Crippen molar-refractivity contribution in [2.45, 2.75) is 27.7 Å². The van der Waals surface area contributed by atoms with Crippen molar-refractivity contribution in [3.05, 3.63) is 58.7 Å². The summed E-state index contributed by atoms with van der Waals surface area (Å²) >= 11 is 0. The van der Waals surface area contributed by atoms with E-state index >= 15 is 0 Å². The van der Waals surface area contributed by atoms with Gasteiger partial charge in [0.2, 0.25) is 15.9 Å². The van der Waals surface area contributed by atoms with Gasteiger partial charge in [0, 0.05) is 0 Å². The predicted molar refractivity (Wildman–Crippen MR) is 113 cm³/mol. The first-order valence-electron chi connectivity index (χ1n) is 9.11. The number of ether oxygens (including phenoxy) is 1. The summed E-state index contributed by atoms with van der Waals surface area (Å²) in [6, 6.07) is 11.2. The number of hydrogen-bond donors (Lipinski definition) is 1. The normalized spacial score (nSPS) is 11.2. The van der Waals surface area contributed by atoms with Gasteiger partial charge in [-0.3, -0.25) is 9.10 Å². The Morgan fingerprint density at radius 2 is 1.61 bits per heavy atom. The summed E-state index contributed by atoms with van der Waals surface area (Å²) in [5.41, 5.74) is 4.52. The van der Waals surface area contributed by atoms with Gasteiger partial charge in [0.05, 0.1) is 18.5 Å². The molecule has 0 aliphatic carbocycles. The van der Waals surface area contributed by atoms with Crippen LogP contribution < -0.4 is 14.4 Å². The fourth-order valence-corrected chi connectivity index (χ4v) is 3.71. The van der Waals surface area contributed by atoms with Gasteiger partial charge in [-0.1, -0.05) is 24.3 Å². The van der Waals surface area contributed by atoms with Crippen LogP contribution in [0, 0.1) is 27.7 Å². The van der Waals surface area contributed by atoms with E-state index in [1.807, 2.05) is 52.0 Å². The van der Waals surface area contributed by atoms with Gasteiger partial charge in [-0.2, -0.15) is 0 Å². The zero-order valence-corrected chi connectivity index (χ0v) is 17.9. The molecule has 2 aromatic rings. The molecule has 0 bridgehead atoms. The highest BCUT2D eigenvalue weighted by molar-refractivity contribution is 7.92. The number of carbonyl (C=O) groups excluding carboxylic acids is 1. The third-order valence-corrected chi connectivity index (χ3v) is 5.90. The van der Waals surface area contributed by atoms with E-state index < -0.39 is 10.0 Å². The Hall–Kier alpha value is -2.54. The maximum absolute atomic E-state index is 12.3. The van der Waals surface area contributed by atoms with E-state index in [4.69, 9.17) is 4.74 Å². The number of nitrogens with one attached hydrogen (secondary N) is 1. The smallest absolute Gasteiger partial charge is 0.240 e. The van der Waals surface area contributed by atoms with Crippen LogP contribution in [0.3, 0.4) is 0 Å². The van der Waals surface area contributed by atoms with E-state index in [1.165, 1.54) is 0 Å². The number of amides is 1. The fourth-order valence-electron chi connectivity index (χ4n) is 2.81. The number of carbonyl (C=O) groups is 1. The van der Waals surface area contributed by atoms with E-state index in [9.17, 15) is 13.2 Å². The van der Waals surface area contributed by atoms with Gasteiger partial charge in [0.25, 0.3) is 0 Å². The minimum atomic E-state index is -3.60. The van der Waals surface area contributed by atoms with Crippen LogP contribution in [0.1, 0.15) is 22.3 Å². The van der Waals surface area contributed by atoms with Crippen molar-refractivity contribution in [3.63, 3.8) is 0 Å². The van der Waals surface area contributed by atoms with Crippen LogP contribution in [-0.4, -0.2) is 40.3 Å². The Bertz CT molecular complexity index is 955. The molecule has 0 heterocycles. The lowest BCUT2D eigenvalue weighted by Gasteiger charge is -2.24. The van der Waals surface area contributed by atoms with Crippen molar-refractivity contribution in [3.8, 4) is 5.75 Å². The van der Waals surface area contributed by atoms with E-state index in [2.05, 4.69) is 5.32 Å². The molecule has 7 heteroatoms. The molecule has 0 aliphatic heterocycles. The molecule has 0 atom stereocenters. The largest absolute Gasteiger partial charge is 0.491 e. The molecule has 0 saturated carbocycles. The topological polar surface area (TPSA) is 75.7 Å². The molecular weight excluding hydrogens is 376 g/mol. The molecular formula is C21H28N2O4S. The summed E-state index contributed by atoms with van der Waals surface area (Å²) in [4.78, 5) is 12.3. The molecule has 6 nitrogen and oxygen atoms in total. The molecule has 1 N–H and O–H groups in total. The van der Waals surface area contributed by atoms with Crippen LogP contribution in [0.25, 0.3) is 0 Å². The van der Waals surface area contributed by atoms with Gasteiger partial charge in [0.15, 0.2) is 0 Å². The third-order valence-electron chi connectivity index (χ3n) is 4.77. The molecule has 0 radical (unpaired) electrons. The van der Waals surface area contributed by atoms with Crippen molar-refractivity contribution in [1.82, 2.24) is 5.32 Å². The Balaban J connectivity index is 1.97. The Morgan fingerprint density at radius 1 is 1.00 bits per heavy atom. The first-order chi connectivity index (χ1) is 13.1. The molecule has 0 aliphatic rings. The van der Waals surface area contributed by atoms with Crippen LogP contribution in [0.4, 0.5) is 5.69 Å². The zero-order chi connectivity index (χ0) is 20.9. The number of hydrogen-bond acceptors (Lipinski definition) is 4.